The zero-order chi connectivity index (χ0) is 21.1. The van der Waals surface area contributed by atoms with E-state index in [1.165, 1.54) is 6.20 Å². The lowest BCUT2D eigenvalue weighted by molar-refractivity contribution is 0.0783. The largest absolute Gasteiger partial charge is 0.383 e. The summed E-state index contributed by atoms with van der Waals surface area (Å²) in [5, 5.41) is 18.8. The van der Waals surface area contributed by atoms with Gasteiger partial charge in [0.25, 0.3) is 0 Å². The summed E-state index contributed by atoms with van der Waals surface area (Å²) in [6.07, 6.45) is 3.67. The molecule has 1 aromatic carbocycles. The van der Waals surface area contributed by atoms with Gasteiger partial charge >= 0.3 is 6.03 Å². The number of amides is 2. The molecule has 0 radical (unpaired) electrons. The van der Waals surface area contributed by atoms with Gasteiger partial charge in [0.1, 0.15) is 14.8 Å². The highest BCUT2D eigenvalue weighted by atomic mass is 32.2. The Kier molecular flexibility index (Phi) is 6.71. The third-order valence-electron chi connectivity index (χ3n) is 3.99. The minimum absolute atomic E-state index is 0.124. The summed E-state index contributed by atoms with van der Waals surface area (Å²) in [6.45, 7) is 6.94. The van der Waals surface area contributed by atoms with Crippen molar-refractivity contribution in [1.82, 2.24) is 4.98 Å². The molecule has 1 aromatic heterocycles. The predicted molar refractivity (Wildman–Crippen MR) is 113 cm³/mol. The van der Waals surface area contributed by atoms with Gasteiger partial charge in [-0.3, -0.25) is 4.99 Å². The number of hydrogen-bond acceptors (Lipinski definition) is 6. The van der Waals surface area contributed by atoms with Crippen molar-refractivity contribution < 1.29 is 14.1 Å². The third-order valence-corrected chi connectivity index (χ3v) is 7.18. The smallest absolute Gasteiger partial charge is 0.354 e. The molecule has 28 heavy (non-hydrogen) atoms. The van der Waals surface area contributed by atoms with Crippen LogP contribution in [0.3, 0.4) is 0 Å². The molecule has 8 nitrogen and oxygen atoms in total. The number of thiazole rings is 1. The highest BCUT2D eigenvalue weighted by molar-refractivity contribution is 7.93. The van der Waals surface area contributed by atoms with Crippen LogP contribution in [0.25, 0.3) is 0 Å². The van der Waals surface area contributed by atoms with Gasteiger partial charge in [0.2, 0.25) is 0 Å². The topological polar surface area (TPSA) is 130 Å². The average molecular weight is 424 g/mol. The summed E-state index contributed by atoms with van der Waals surface area (Å²) < 4.78 is 16.6. The van der Waals surface area contributed by atoms with Crippen molar-refractivity contribution in [2.24, 2.45) is 14.5 Å². The number of nitrogens with one attached hydrogen (secondary N) is 1. The van der Waals surface area contributed by atoms with Crippen molar-refractivity contribution in [3.8, 4) is 0 Å². The Morgan fingerprint density at radius 2 is 2.14 bits per heavy atom. The van der Waals surface area contributed by atoms with Crippen LogP contribution in [-0.4, -0.2) is 33.6 Å². The summed E-state index contributed by atoms with van der Waals surface area (Å²) in [5.74, 6) is 0. The SMILES string of the molecule is CCc1ccc(/C=N\C)c(C)c1NC(=O)N=S(N)(=O)c1cnc(C(C)(C)O)s1. The molecule has 1 atom stereocenters. The zero-order valence-corrected chi connectivity index (χ0v) is 18.1. The van der Waals surface area contributed by atoms with Crippen LogP contribution in [0.15, 0.2) is 31.9 Å². The van der Waals surface area contributed by atoms with Crippen LogP contribution >= 0.6 is 11.3 Å². The molecule has 1 heterocycles. The zero-order valence-electron chi connectivity index (χ0n) is 16.5. The molecule has 2 aromatic rings. The molecule has 1 unspecified atom stereocenters. The Hall–Kier alpha value is -2.14. The first-order chi connectivity index (χ1) is 13.0. The molecular weight excluding hydrogens is 398 g/mol. The number of carbonyl (C=O) groups is 1. The number of nitrogens with zero attached hydrogens (tertiary/aromatic N) is 3. The molecule has 0 spiro atoms. The van der Waals surface area contributed by atoms with E-state index in [0.29, 0.717) is 17.1 Å². The van der Waals surface area contributed by atoms with Crippen LogP contribution in [0.1, 0.15) is 42.5 Å². The van der Waals surface area contributed by atoms with E-state index < -0.39 is 21.5 Å². The van der Waals surface area contributed by atoms with Crippen LogP contribution in [0, 0.1) is 6.92 Å². The molecular formula is C18H25N5O3S2. The first-order valence-electron chi connectivity index (χ1n) is 8.58. The van der Waals surface area contributed by atoms with Crippen LogP contribution in [-0.2, 0) is 21.9 Å². The molecule has 0 aliphatic heterocycles. The van der Waals surface area contributed by atoms with E-state index in [0.717, 1.165) is 28.0 Å². The van der Waals surface area contributed by atoms with Gasteiger partial charge in [-0.25, -0.2) is 19.1 Å². The lowest BCUT2D eigenvalue weighted by Crippen LogP contribution is -2.18. The van der Waals surface area contributed by atoms with Crippen molar-refractivity contribution in [3.05, 3.63) is 40.0 Å². The molecule has 0 fully saturated rings. The van der Waals surface area contributed by atoms with Crippen molar-refractivity contribution in [3.63, 3.8) is 0 Å². The number of benzene rings is 1. The third kappa shape index (κ3) is 5.02. The Morgan fingerprint density at radius 1 is 1.46 bits per heavy atom. The van der Waals surface area contributed by atoms with Crippen molar-refractivity contribution >= 4 is 39.2 Å². The number of aliphatic hydroxyl groups is 1. The second-order valence-corrected chi connectivity index (χ2v) is 9.74. The number of hydrogen-bond donors (Lipinski definition) is 3. The summed E-state index contributed by atoms with van der Waals surface area (Å²) in [4.78, 5) is 20.5. The van der Waals surface area contributed by atoms with Crippen LogP contribution in [0.4, 0.5) is 10.5 Å². The monoisotopic (exact) mass is 423 g/mol. The number of carbonyl (C=O) groups excluding carboxylic acids is 1. The van der Waals surface area contributed by atoms with Gasteiger partial charge in [0, 0.05) is 18.9 Å². The van der Waals surface area contributed by atoms with E-state index in [-0.39, 0.29) is 4.21 Å². The Balaban J connectivity index is 2.38. The predicted octanol–water partition coefficient (Wildman–Crippen LogP) is 3.22. The highest BCUT2D eigenvalue weighted by Gasteiger charge is 2.23. The maximum atomic E-state index is 12.8. The molecule has 10 heteroatoms. The minimum Gasteiger partial charge on any atom is -0.383 e. The van der Waals surface area contributed by atoms with Gasteiger partial charge in [-0.05, 0) is 43.9 Å². The lowest BCUT2D eigenvalue weighted by Gasteiger charge is -2.14. The lowest BCUT2D eigenvalue weighted by atomic mass is 10.0. The van der Waals surface area contributed by atoms with Gasteiger partial charge < -0.3 is 10.4 Å². The fourth-order valence-corrected chi connectivity index (χ4v) is 4.57. The number of nitrogens with two attached hydrogens (primary N) is 1. The van der Waals surface area contributed by atoms with E-state index in [9.17, 15) is 14.1 Å². The maximum Gasteiger partial charge on any atom is 0.354 e. The summed E-state index contributed by atoms with van der Waals surface area (Å²) in [6, 6.07) is 3.02. The normalized spacial score (nSPS) is 14.1. The average Bonchev–Trinajstić information content (AvgIpc) is 3.09. The molecule has 0 bridgehead atoms. The van der Waals surface area contributed by atoms with Gasteiger partial charge in [0.05, 0.1) is 6.20 Å². The van der Waals surface area contributed by atoms with Crippen molar-refractivity contribution in [1.29, 1.82) is 0 Å². The van der Waals surface area contributed by atoms with E-state index >= 15 is 0 Å². The maximum absolute atomic E-state index is 12.8. The Morgan fingerprint density at radius 3 is 2.68 bits per heavy atom. The number of aliphatic imine (C=N–C) groups is 1. The number of aryl methyl sites for hydroxylation is 1. The summed E-state index contributed by atoms with van der Waals surface area (Å²) in [7, 11) is -1.82. The van der Waals surface area contributed by atoms with E-state index in [4.69, 9.17) is 5.14 Å². The molecule has 0 aliphatic carbocycles. The molecule has 2 amide bonds. The minimum atomic E-state index is -3.49. The Labute approximate surface area is 169 Å². The molecule has 0 saturated carbocycles. The highest BCUT2D eigenvalue weighted by Crippen LogP contribution is 2.28. The molecule has 4 N–H and O–H groups in total. The van der Waals surface area contributed by atoms with Gasteiger partial charge in [-0.1, -0.05) is 19.1 Å². The van der Waals surface area contributed by atoms with E-state index in [1.54, 1.807) is 27.1 Å². The number of urea groups is 1. The van der Waals surface area contributed by atoms with Gasteiger partial charge in [0.15, 0.2) is 9.92 Å². The van der Waals surface area contributed by atoms with Gasteiger partial charge in [-0.15, -0.1) is 15.7 Å². The first kappa shape index (κ1) is 22.2. The number of anilines is 1. The fraction of sp³-hybridized carbons (Fsp3) is 0.389. The molecule has 0 saturated heterocycles. The van der Waals surface area contributed by atoms with E-state index in [2.05, 4.69) is 19.7 Å². The van der Waals surface area contributed by atoms with Crippen LogP contribution < -0.4 is 10.5 Å². The number of aromatic nitrogens is 1. The van der Waals surface area contributed by atoms with Crippen molar-refractivity contribution in [2.45, 2.75) is 43.9 Å². The van der Waals surface area contributed by atoms with Crippen LogP contribution in [0.2, 0.25) is 0 Å². The quantitative estimate of drug-likeness (QED) is 0.637. The molecule has 152 valence electrons. The summed E-state index contributed by atoms with van der Waals surface area (Å²) in [5.41, 5.74) is 2.01. The van der Waals surface area contributed by atoms with E-state index in [1.807, 2.05) is 26.0 Å². The Bertz CT molecular complexity index is 1030. The number of rotatable bonds is 5. The van der Waals surface area contributed by atoms with Crippen LogP contribution in [0.5, 0.6) is 0 Å². The second-order valence-electron chi connectivity index (χ2n) is 6.69. The molecule has 0 aliphatic rings. The summed E-state index contributed by atoms with van der Waals surface area (Å²) >= 11 is 0.962. The van der Waals surface area contributed by atoms with Gasteiger partial charge in [-0.2, -0.15) is 0 Å². The second kappa shape index (κ2) is 8.48. The fourth-order valence-electron chi connectivity index (χ4n) is 2.51. The van der Waals surface area contributed by atoms with Crippen molar-refractivity contribution in [2.75, 3.05) is 12.4 Å². The molecule has 2 rings (SSSR count). The standard InChI is InChI=1S/C18H25N5O3S2/c1-6-12-7-8-13(9-20-5)11(2)15(12)22-17(24)23-28(19,26)14-10-21-16(27-14)18(3,4)25/h7-10,25H,6H2,1-5H3,(H3,19,22,23,24,26)/b20-9-. The first-order valence-corrected chi connectivity index (χ1v) is 11.0.